The summed E-state index contributed by atoms with van der Waals surface area (Å²) in [7, 11) is 1.68. The number of para-hydroxylation sites is 1. The van der Waals surface area contributed by atoms with Crippen LogP contribution in [0.1, 0.15) is 16.2 Å². The third kappa shape index (κ3) is 4.80. The Morgan fingerprint density at radius 3 is 2.50 bits per heavy atom. The van der Waals surface area contributed by atoms with Gasteiger partial charge in [0, 0.05) is 12.6 Å². The Morgan fingerprint density at radius 1 is 1.07 bits per heavy atom. The Hall–Kier alpha value is -3.07. The lowest BCUT2D eigenvalue weighted by molar-refractivity contribution is -0.115. The van der Waals surface area contributed by atoms with Crippen molar-refractivity contribution in [2.24, 2.45) is 7.05 Å². The number of nitrogens with zero attached hydrogens (tertiary/aromatic N) is 3. The maximum Gasteiger partial charge on any atom is 0.232 e. The molecule has 3 rings (SSSR count). The molecular formula is C19H16F2N4O2S. The molecule has 0 unspecified atom stereocenters. The molecule has 0 radical (unpaired) electrons. The molecule has 0 saturated heterocycles. The van der Waals surface area contributed by atoms with E-state index in [0.29, 0.717) is 16.5 Å². The molecule has 0 bridgehead atoms. The standard InChI is InChI=1S/C19H16F2N4O2S/c1-25-17(10-18(27)22-15-5-3-2-4-14(15)21)23-24-19(25)28-11-16(26)12-6-8-13(20)9-7-12/h2-9H,10-11H2,1H3,(H,22,27). The molecule has 3 aromatic rings. The molecule has 0 atom stereocenters. The number of amides is 1. The van der Waals surface area contributed by atoms with Crippen LogP contribution in [0, 0.1) is 11.6 Å². The molecule has 0 saturated carbocycles. The molecule has 0 aliphatic heterocycles. The van der Waals surface area contributed by atoms with Crippen molar-refractivity contribution in [3.8, 4) is 0 Å². The predicted octanol–water partition coefficient (Wildman–Crippen LogP) is 3.25. The van der Waals surface area contributed by atoms with Crippen molar-refractivity contribution in [1.29, 1.82) is 0 Å². The Labute approximate surface area is 164 Å². The number of ketones is 1. The van der Waals surface area contributed by atoms with Gasteiger partial charge in [0.1, 0.15) is 17.5 Å². The molecular weight excluding hydrogens is 386 g/mol. The molecule has 0 fully saturated rings. The quantitative estimate of drug-likeness (QED) is 0.485. The minimum Gasteiger partial charge on any atom is -0.323 e. The zero-order valence-corrected chi connectivity index (χ0v) is 15.7. The van der Waals surface area contributed by atoms with Crippen molar-refractivity contribution < 1.29 is 18.4 Å². The zero-order chi connectivity index (χ0) is 20.1. The number of Topliss-reactive ketones (excluding diaryl/α,β-unsaturated/α-hetero) is 1. The van der Waals surface area contributed by atoms with Crippen LogP contribution in [0.15, 0.2) is 53.7 Å². The van der Waals surface area contributed by atoms with E-state index in [9.17, 15) is 18.4 Å². The van der Waals surface area contributed by atoms with E-state index in [4.69, 9.17) is 0 Å². The van der Waals surface area contributed by atoms with Gasteiger partial charge in [-0.25, -0.2) is 8.78 Å². The fourth-order valence-electron chi connectivity index (χ4n) is 2.37. The number of aromatic nitrogens is 3. The first-order valence-corrected chi connectivity index (χ1v) is 9.27. The van der Waals surface area contributed by atoms with Crippen LogP contribution in [0.25, 0.3) is 0 Å². The van der Waals surface area contributed by atoms with E-state index >= 15 is 0 Å². The summed E-state index contributed by atoms with van der Waals surface area (Å²) in [4.78, 5) is 24.3. The average molecular weight is 402 g/mol. The van der Waals surface area contributed by atoms with Crippen molar-refractivity contribution in [3.05, 3.63) is 71.6 Å². The molecule has 144 valence electrons. The van der Waals surface area contributed by atoms with E-state index < -0.39 is 17.5 Å². The van der Waals surface area contributed by atoms with Crippen LogP contribution < -0.4 is 5.32 Å². The molecule has 9 heteroatoms. The molecule has 28 heavy (non-hydrogen) atoms. The van der Waals surface area contributed by atoms with Gasteiger partial charge in [0.2, 0.25) is 5.91 Å². The van der Waals surface area contributed by atoms with Crippen LogP contribution in [0.2, 0.25) is 0 Å². The highest BCUT2D eigenvalue weighted by molar-refractivity contribution is 7.99. The van der Waals surface area contributed by atoms with Gasteiger partial charge in [-0.2, -0.15) is 0 Å². The van der Waals surface area contributed by atoms with Crippen LogP contribution in [0.5, 0.6) is 0 Å². The Morgan fingerprint density at radius 2 is 1.79 bits per heavy atom. The van der Waals surface area contributed by atoms with E-state index in [1.54, 1.807) is 17.7 Å². The molecule has 1 N–H and O–H groups in total. The summed E-state index contributed by atoms with van der Waals surface area (Å²) >= 11 is 1.16. The molecule has 2 aromatic carbocycles. The lowest BCUT2D eigenvalue weighted by atomic mass is 10.1. The number of benzene rings is 2. The Kier molecular flexibility index (Phi) is 6.15. The van der Waals surface area contributed by atoms with Crippen molar-refractivity contribution in [1.82, 2.24) is 14.8 Å². The van der Waals surface area contributed by atoms with Crippen LogP contribution in [0.3, 0.4) is 0 Å². The number of carbonyl (C=O) groups excluding carboxylic acids is 2. The topological polar surface area (TPSA) is 76.9 Å². The number of anilines is 1. The second-order valence-corrected chi connectivity index (χ2v) is 6.82. The smallest absolute Gasteiger partial charge is 0.232 e. The number of hydrogen-bond donors (Lipinski definition) is 1. The van der Waals surface area contributed by atoms with Gasteiger partial charge in [0.15, 0.2) is 10.9 Å². The van der Waals surface area contributed by atoms with Gasteiger partial charge >= 0.3 is 0 Å². The highest BCUT2D eigenvalue weighted by atomic mass is 32.2. The van der Waals surface area contributed by atoms with Gasteiger partial charge in [-0.1, -0.05) is 23.9 Å². The second-order valence-electron chi connectivity index (χ2n) is 5.88. The van der Waals surface area contributed by atoms with Gasteiger partial charge < -0.3 is 9.88 Å². The summed E-state index contributed by atoms with van der Waals surface area (Å²) in [6.07, 6.45) is -0.0930. The van der Waals surface area contributed by atoms with Gasteiger partial charge in [-0.3, -0.25) is 9.59 Å². The normalized spacial score (nSPS) is 10.7. The van der Waals surface area contributed by atoms with E-state index in [1.165, 1.54) is 42.5 Å². The SMILES string of the molecule is Cn1c(CC(=O)Nc2ccccc2F)nnc1SCC(=O)c1ccc(F)cc1. The maximum absolute atomic E-state index is 13.6. The first kappa shape index (κ1) is 19.7. The minimum absolute atomic E-state index is 0.0918. The van der Waals surface area contributed by atoms with Crippen LogP contribution in [0.4, 0.5) is 14.5 Å². The number of hydrogen-bond acceptors (Lipinski definition) is 5. The monoisotopic (exact) mass is 402 g/mol. The molecule has 1 heterocycles. The summed E-state index contributed by atoms with van der Waals surface area (Å²) in [6.45, 7) is 0. The average Bonchev–Trinajstić information content (AvgIpc) is 3.02. The van der Waals surface area contributed by atoms with E-state index in [1.807, 2.05) is 0 Å². The Balaban J connectivity index is 1.59. The van der Waals surface area contributed by atoms with E-state index in [2.05, 4.69) is 15.5 Å². The largest absolute Gasteiger partial charge is 0.323 e. The molecule has 1 amide bonds. The maximum atomic E-state index is 13.6. The Bertz CT molecular complexity index is 1010. The summed E-state index contributed by atoms with van der Waals surface area (Å²) < 4.78 is 28.1. The first-order valence-electron chi connectivity index (χ1n) is 8.28. The summed E-state index contributed by atoms with van der Waals surface area (Å²) in [5.74, 6) is -1.06. The van der Waals surface area contributed by atoms with Crippen LogP contribution in [-0.4, -0.2) is 32.2 Å². The van der Waals surface area contributed by atoms with Crippen molar-refractivity contribution in [2.45, 2.75) is 11.6 Å². The lowest BCUT2D eigenvalue weighted by Gasteiger charge is -2.06. The van der Waals surface area contributed by atoms with Gasteiger partial charge in [0.05, 0.1) is 17.9 Å². The highest BCUT2D eigenvalue weighted by Crippen LogP contribution is 2.18. The van der Waals surface area contributed by atoms with E-state index in [-0.39, 0.29) is 23.6 Å². The molecule has 0 spiro atoms. The van der Waals surface area contributed by atoms with Gasteiger partial charge in [-0.15, -0.1) is 10.2 Å². The first-order chi connectivity index (χ1) is 13.4. The lowest BCUT2D eigenvalue weighted by Crippen LogP contribution is -2.17. The summed E-state index contributed by atoms with van der Waals surface area (Å²) in [5, 5.41) is 10.9. The van der Waals surface area contributed by atoms with Crippen molar-refractivity contribution in [3.63, 3.8) is 0 Å². The van der Waals surface area contributed by atoms with Crippen molar-refractivity contribution >= 4 is 29.1 Å². The van der Waals surface area contributed by atoms with Gasteiger partial charge in [-0.05, 0) is 36.4 Å². The predicted molar refractivity (Wildman–Crippen MR) is 101 cm³/mol. The van der Waals surface area contributed by atoms with Crippen LogP contribution in [-0.2, 0) is 18.3 Å². The fourth-order valence-corrected chi connectivity index (χ4v) is 3.20. The summed E-state index contributed by atoms with van der Waals surface area (Å²) in [5.41, 5.74) is 0.495. The van der Waals surface area contributed by atoms with Crippen LogP contribution >= 0.6 is 11.8 Å². The fraction of sp³-hybridized carbons (Fsp3) is 0.158. The third-order valence-electron chi connectivity index (χ3n) is 3.89. The van der Waals surface area contributed by atoms with E-state index in [0.717, 1.165) is 11.8 Å². The number of carbonyl (C=O) groups is 2. The third-order valence-corrected chi connectivity index (χ3v) is 4.91. The summed E-state index contributed by atoms with van der Waals surface area (Å²) in [6, 6.07) is 11.2. The molecule has 1 aromatic heterocycles. The number of nitrogens with one attached hydrogen (secondary N) is 1. The zero-order valence-electron chi connectivity index (χ0n) is 14.9. The number of thioether (sulfide) groups is 1. The minimum atomic E-state index is -0.524. The number of halogens is 2. The molecule has 0 aliphatic carbocycles. The number of rotatable bonds is 7. The molecule has 0 aliphatic rings. The highest BCUT2D eigenvalue weighted by Gasteiger charge is 2.16. The van der Waals surface area contributed by atoms with Gasteiger partial charge in [0.25, 0.3) is 0 Å². The van der Waals surface area contributed by atoms with Crippen molar-refractivity contribution in [2.75, 3.05) is 11.1 Å². The molecule has 6 nitrogen and oxygen atoms in total. The second kappa shape index (κ2) is 8.75.